The molecule has 0 saturated carbocycles. The molecular formula is C6H14Cl2NO2-. The normalized spacial score (nSPS) is 8.00. The molecule has 0 radical (unpaired) electrons. The molecule has 0 rings (SSSR count). The minimum Gasteiger partial charge on any atom is -1.00 e. The number of primary amides is 1. The molecule has 0 fully saturated rings. The van der Waals surface area contributed by atoms with Crippen LogP contribution in [0.4, 0.5) is 4.79 Å². The van der Waals surface area contributed by atoms with Crippen molar-refractivity contribution in [3.63, 3.8) is 0 Å². The van der Waals surface area contributed by atoms with Crippen molar-refractivity contribution in [2.24, 2.45) is 0 Å². The number of rotatable bonds is 2. The van der Waals surface area contributed by atoms with Gasteiger partial charge in [-0.15, -0.1) is 0 Å². The third-order valence-corrected chi connectivity index (χ3v) is 0.756. The second kappa shape index (κ2) is 10.0. The van der Waals surface area contributed by atoms with Gasteiger partial charge in [0.25, 0.3) is 0 Å². The highest BCUT2D eigenvalue weighted by Gasteiger charge is 2.06. The number of nitrogens with two attached hydrogens (primary N) is 1. The summed E-state index contributed by atoms with van der Waals surface area (Å²) >= 11 is 0. The van der Waals surface area contributed by atoms with E-state index >= 15 is 0 Å². The van der Waals surface area contributed by atoms with Crippen LogP contribution in [0.15, 0.2) is 0 Å². The Morgan fingerprint density at radius 3 is 2.18 bits per heavy atom. The maximum Gasteiger partial charge on any atom is 0.512 e. The number of hydrogen-bond donors (Lipinski definition) is 1. The standard InChI is InChI=1S/C6H13NO2.2ClH/c1-4-9-6(8)7-5(2)3;;/h5H,4H2,1-3H3,(H,7,8);2*1H/p-1. The lowest BCUT2D eigenvalue weighted by molar-refractivity contribution is -0.600. The molecule has 1 amide bonds. The molecule has 0 unspecified atom stereocenters. The number of amides is 1. The molecule has 0 aliphatic heterocycles. The van der Waals surface area contributed by atoms with E-state index in [-0.39, 0.29) is 36.9 Å². The first-order valence-electron chi connectivity index (χ1n) is 3.18. The van der Waals surface area contributed by atoms with Crippen molar-refractivity contribution in [3.8, 4) is 0 Å². The van der Waals surface area contributed by atoms with Gasteiger partial charge in [-0.3, -0.25) is 0 Å². The van der Waals surface area contributed by atoms with Crippen LogP contribution in [-0.4, -0.2) is 18.7 Å². The van der Waals surface area contributed by atoms with Crippen molar-refractivity contribution in [1.82, 2.24) is 0 Å². The SMILES string of the molecule is CCOC(=O)[NH2+]C(C)C.[Cl-].[Cl-]. The molecule has 5 heteroatoms. The molecule has 0 spiro atoms. The number of carbonyl (C=O) groups is 1. The Balaban J connectivity index is -0.000000320. The zero-order valence-electron chi connectivity index (χ0n) is 6.93. The topological polar surface area (TPSA) is 42.9 Å². The van der Waals surface area contributed by atoms with Crippen molar-refractivity contribution >= 4 is 6.09 Å². The van der Waals surface area contributed by atoms with Crippen molar-refractivity contribution in [2.75, 3.05) is 6.61 Å². The van der Waals surface area contributed by atoms with Crippen molar-refractivity contribution < 1.29 is 39.7 Å². The smallest absolute Gasteiger partial charge is 0.512 e. The zero-order valence-corrected chi connectivity index (χ0v) is 8.45. The van der Waals surface area contributed by atoms with Gasteiger partial charge < -0.3 is 29.6 Å². The lowest BCUT2D eigenvalue weighted by atomic mass is 10.4. The largest absolute Gasteiger partial charge is 1.00 e. The third-order valence-electron chi connectivity index (χ3n) is 0.756. The van der Waals surface area contributed by atoms with Crippen molar-refractivity contribution in [1.29, 1.82) is 0 Å². The van der Waals surface area contributed by atoms with Crippen LogP contribution in [0, 0.1) is 0 Å². The molecule has 0 aromatic carbocycles. The van der Waals surface area contributed by atoms with Crippen LogP contribution in [-0.2, 0) is 4.74 Å². The van der Waals surface area contributed by atoms with Crippen LogP contribution in [0.25, 0.3) is 0 Å². The Hall–Kier alpha value is 0.01000. The molecule has 0 saturated heterocycles. The van der Waals surface area contributed by atoms with Gasteiger partial charge in [0.05, 0.1) is 12.6 Å². The highest BCUT2D eigenvalue weighted by Crippen LogP contribution is 1.69. The summed E-state index contributed by atoms with van der Waals surface area (Å²) in [7, 11) is 0. The summed E-state index contributed by atoms with van der Waals surface area (Å²) in [6.45, 7) is 6.14. The predicted octanol–water partition coefficient (Wildman–Crippen LogP) is -5.88. The molecule has 0 aromatic rings. The van der Waals surface area contributed by atoms with Gasteiger partial charge in [0.2, 0.25) is 0 Å². The minimum atomic E-state index is -0.215. The van der Waals surface area contributed by atoms with Gasteiger partial charge in [-0.25, -0.2) is 5.32 Å². The van der Waals surface area contributed by atoms with E-state index < -0.39 is 0 Å². The first kappa shape index (κ1) is 17.2. The van der Waals surface area contributed by atoms with Gasteiger partial charge in [-0.05, 0) is 20.8 Å². The average Bonchev–Trinajstić information content (AvgIpc) is 1.63. The summed E-state index contributed by atoms with van der Waals surface area (Å²) < 4.78 is 4.66. The number of carbonyl (C=O) groups excluding carboxylic acids is 1. The van der Waals surface area contributed by atoms with Gasteiger partial charge in [-0.1, -0.05) is 0 Å². The Bertz CT molecular complexity index is 98.6. The minimum absolute atomic E-state index is 0. The molecule has 70 valence electrons. The van der Waals surface area contributed by atoms with E-state index in [9.17, 15) is 4.79 Å². The van der Waals surface area contributed by atoms with Crippen LogP contribution < -0.4 is 30.1 Å². The summed E-state index contributed by atoms with van der Waals surface area (Å²) in [5.74, 6) is 0. The fourth-order valence-corrected chi connectivity index (χ4v) is 0.463. The van der Waals surface area contributed by atoms with Crippen molar-refractivity contribution in [3.05, 3.63) is 0 Å². The lowest BCUT2D eigenvalue weighted by Gasteiger charge is -2.00. The zero-order chi connectivity index (χ0) is 7.28. The maximum absolute atomic E-state index is 10.6. The van der Waals surface area contributed by atoms with Gasteiger partial charge in [0.15, 0.2) is 0 Å². The Labute approximate surface area is 79.7 Å². The molecule has 2 N–H and O–H groups in total. The van der Waals surface area contributed by atoms with E-state index in [0.29, 0.717) is 6.61 Å². The predicted molar refractivity (Wildman–Crippen MR) is 34.1 cm³/mol. The van der Waals surface area contributed by atoms with E-state index in [1.165, 1.54) is 0 Å². The number of hydrogen-bond acceptors (Lipinski definition) is 2. The fourth-order valence-electron chi connectivity index (χ4n) is 0.463. The summed E-state index contributed by atoms with van der Waals surface area (Å²) in [5, 5.41) is 1.56. The Morgan fingerprint density at radius 2 is 1.91 bits per heavy atom. The summed E-state index contributed by atoms with van der Waals surface area (Å²) in [6, 6.07) is 0.282. The van der Waals surface area contributed by atoms with Crippen molar-refractivity contribution in [2.45, 2.75) is 26.8 Å². The van der Waals surface area contributed by atoms with E-state index in [0.717, 1.165) is 0 Å². The number of ether oxygens (including phenoxy) is 1. The Morgan fingerprint density at radius 1 is 1.45 bits per heavy atom. The average molecular weight is 203 g/mol. The maximum atomic E-state index is 10.6. The molecule has 0 aliphatic rings. The summed E-state index contributed by atoms with van der Waals surface area (Å²) in [4.78, 5) is 10.6. The van der Waals surface area contributed by atoms with Gasteiger partial charge in [0.1, 0.15) is 0 Å². The van der Waals surface area contributed by atoms with Crippen LogP contribution in [0.5, 0.6) is 0 Å². The Kier molecular flexibility index (Phi) is 15.6. The van der Waals surface area contributed by atoms with Gasteiger partial charge in [0, 0.05) is 0 Å². The highest BCUT2D eigenvalue weighted by molar-refractivity contribution is 5.55. The summed E-state index contributed by atoms with van der Waals surface area (Å²) in [5.41, 5.74) is 0. The molecule has 3 nitrogen and oxygen atoms in total. The number of halogens is 2. The van der Waals surface area contributed by atoms with E-state index in [1.54, 1.807) is 12.2 Å². The van der Waals surface area contributed by atoms with Crippen LogP contribution in [0.2, 0.25) is 0 Å². The van der Waals surface area contributed by atoms with Gasteiger partial charge in [-0.2, -0.15) is 4.79 Å². The van der Waals surface area contributed by atoms with Crippen LogP contribution in [0.3, 0.4) is 0 Å². The van der Waals surface area contributed by atoms with E-state index in [4.69, 9.17) is 0 Å². The molecule has 0 aliphatic carbocycles. The quantitative estimate of drug-likeness (QED) is 0.485. The lowest BCUT2D eigenvalue weighted by Crippen LogP contribution is -3.00. The molecule has 0 atom stereocenters. The van der Waals surface area contributed by atoms with E-state index in [1.807, 2.05) is 13.8 Å². The van der Waals surface area contributed by atoms with Crippen LogP contribution >= 0.6 is 0 Å². The molecular weight excluding hydrogens is 189 g/mol. The fraction of sp³-hybridized carbons (Fsp3) is 0.833. The highest BCUT2D eigenvalue weighted by atomic mass is 35.5. The third kappa shape index (κ3) is 13.1. The molecule has 0 heterocycles. The monoisotopic (exact) mass is 202 g/mol. The van der Waals surface area contributed by atoms with E-state index in [2.05, 4.69) is 4.74 Å². The van der Waals surface area contributed by atoms with Crippen LogP contribution in [0.1, 0.15) is 20.8 Å². The first-order valence-corrected chi connectivity index (χ1v) is 3.18. The number of quaternary nitrogens is 1. The second-order valence-electron chi connectivity index (χ2n) is 2.16. The molecule has 11 heavy (non-hydrogen) atoms. The second-order valence-corrected chi connectivity index (χ2v) is 2.16. The first-order chi connectivity index (χ1) is 4.16. The molecule has 0 aromatic heterocycles. The summed E-state index contributed by atoms with van der Waals surface area (Å²) in [6.07, 6.45) is -0.215. The van der Waals surface area contributed by atoms with Gasteiger partial charge >= 0.3 is 6.09 Å². The molecule has 0 bridgehead atoms.